The molecule has 0 heterocycles. The lowest BCUT2D eigenvalue weighted by molar-refractivity contribution is -0.127. The van der Waals surface area contributed by atoms with Crippen LogP contribution < -0.4 is 20.5 Å². The molecule has 0 aliphatic heterocycles. The van der Waals surface area contributed by atoms with E-state index in [2.05, 4.69) is 5.32 Å². The van der Waals surface area contributed by atoms with E-state index in [1.54, 1.807) is 38.3 Å². The first-order chi connectivity index (χ1) is 8.17. The van der Waals surface area contributed by atoms with Gasteiger partial charge >= 0.3 is 0 Å². The van der Waals surface area contributed by atoms with Crippen LogP contribution in [0.25, 0.3) is 0 Å². The van der Waals surface area contributed by atoms with Gasteiger partial charge in [0.15, 0.2) is 6.10 Å². The van der Waals surface area contributed by atoms with Crippen LogP contribution in [0.15, 0.2) is 24.3 Å². The Morgan fingerprint density at radius 1 is 1.33 bits per heavy atom. The van der Waals surface area contributed by atoms with E-state index in [4.69, 9.17) is 15.2 Å². The summed E-state index contributed by atoms with van der Waals surface area (Å²) in [6, 6.07) is 7.07. The average molecular weight is 275 g/mol. The SMILES string of the molecule is COc1ccc(OC(C)C(=O)NCCN)cc1.Cl. The van der Waals surface area contributed by atoms with Crippen molar-refractivity contribution in [2.24, 2.45) is 5.73 Å². The number of nitrogens with one attached hydrogen (secondary N) is 1. The molecule has 1 rings (SSSR count). The summed E-state index contributed by atoms with van der Waals surface area (Å²) in [5.74, 6) is 1.20. The average Bonchev–Trinajstić information content (AvgIpc) is 2.36. The summed E-state index contributed by atoms with van der Waals surface area (Å²) in [6.07, 6.45) is -0.546. The summed E-state index contributed by atoms with van der Waals surface area (Å²) in [7, 11) is 1.60. The van der Waals surface area contributed by atoms with E-state index in [0.717, 1.165) is 5.75 Å². The Morgan fingerprint density at radius 3 is 2.39 bits per heavy atom. The summed E-state index contributed by atoms with van der Waals surface area (Å²) in [5.41, 5.74) is 5.29. The predicted molar refractivity (Wildman–Crippen MR) is 72.4 cm³/mol. The van der Waals surface area contributed by atoms with Gasteiger partial charge in [0.05, 0.1) is 7.11 Å². The van der Waals surface area contributed by atoms with Crippen molar-refractivity contribution in [1.82, 2.24) is 5.32 Å². The van der Waals surface area contributed by atoms with E-state index in [1.807, 2.05) is 0 Å². The number of carbonyl (C=O) groups is 1. The summed E-state index contributed by atoms with van der Waals surface area (Å²) in [4.78, 5) is 11.5. The third-order valence-corrected chi connectivity index (χ3v) is 2.19. The van der Waals surface area contributed by atoms with Crippen molar-refractivity contribution >= 4 is 18.3 Å². The second-order valence-corrected chi connectivity index (χ2v) is 3.52. The van der Waals surface area contributed by atoms with Gasteiger partial charge in [-0.1, -0.05) is 0 Å². The zero-order chi connectivity index (χ0) is 12.7. The molecule has 1 aromatic rings. The van der Waals surface area contributed by atoms with E-state index < -0.39 is 6.10 Å². The predicted octanol–water partition coefficient (Wildman–Crippen LogP) is 0.959. The van der Waals surface area contributed by atoms with Crippen LogP contribution >= 0.6 is 12.4 Å². The third kappa shape index (κ3) is 5.25. The molecule has 1 atom stereocenters. The third-order valence-electron chi connectivity index (χ3n) is 2.19. The van der Waals surface area contributed by atoms with Crippen molar-refractivity contribution < 1.29 is 14.3 Å². The van der Waals surface area contributed by atoms with Gasteiger partial charge in [-0.15, -0.1) is 12.4 Å². The number of ether oxygens (including phenoxy) is 2. The molecule has 18 heavy (non-hydrogen) atoms. The molecule has 0 fully saturated rings. The number of methoxy groups -OCH3 is 1. The number of rotatable bonds is 6. The normalized spacial score (nSPS) is 11.1. The van der Waals surface area contributed by atoms with E-state index >= 15 is 0 Å². The van der Waals surface area contributed by atoms with E-state index in [-0.39, 0.29) is 18.3 Å². The lowest BCUT2D eigenvalue weighted by Gasteiger charge is -2.14. The van der Waals surface area contributed by atoms with Crippen LogP contribution in [0.2, 0.25) is 0 Å². The van der Waals surface area contributed by atoms with Crippen molar-refractivity contribution in [2.45, 2.75) is 13.0 Å². The Balaban J connectivity index is 0.00000289. The van der Waals surface area contributed by atoms with Crippen LogP contribution in [0.5, 0.6) is 11.5 Å². The van der Waals surface area contributed by atoms with Gasteiger partial charge in [0.1, 0.15) is 11.5 Å². The molecular weight excluding hydrogens is 256 g/mol. The largest absolute Gasteiger partial charge is 0.497 e. The van der Waals surface area contributed by atoms with Crippen molar-refractivity contribution in [3.63, 3.8) is 0 Å². The van der Waals surface area contributed by atoms with Crippen molar-refractivity contribution in [3.8, 4) is 11.5 Å². The smallest absolute Gasteiger partial charge is 0.260 e. The maximum Gasteiger partial charge on any atom is 0.260 e. The van der Waals surface area contributed by atoms with Gasteiger partial charge in [0.25, 0.3) is 5.91 Å². The number of amides is 1. The van der Waals surface area contributed by atoms with Gasteiger partial charge in [-0.05, 0) is 31.2 Å². The Labute approximate surface area is 113 Å². The molecule has 102 valence electrons. The Bertz CT molecular complexity index is 357. The molecular formula is C12H19ClN2O3. The zero-order valence-corrected chi connectivity index (χ0v) is 11.3. The Hall–Kier alpha value is -1.46. The molecule has 0 spiro atoms. The highest BCUT2D eigenvalue weighted by molar-refractivity contribution is 5.85. The molecule has 0 aromatic heterocycles. The molecule has 0 saturated heterocycles. The molecule has 0 aliphatic rings. The van der Waals surface area contributed by atoms with E-state index in [9.17, 15) is 4.79 Å². The topological polar surface area (TPSA) is 73.6 Å². The highest BCUT2D eigenvalue weighted by atomic mass is 35.5. The van der Waals surface area contributed by atoms with Gasteiger partial charge < -0.3 is 20.5 Å². The summed E-state index contributed by atoms with van der Waals surface area (Å²) in [6.45, 7) is 2.56. The standard InChI is InChI=1S/C12H18N2O3.ClH/c1-9(12(15)14-8-7-13)17-11-5-3-10(16-2)4-6-11;/h3-6,9H,7-8,13H2,1-2H3,(H,14,15);1H. The van der Waals surface area contributed by atoms with Gasteiger partial charge in [-0.3, -0.25) is 4.79 Å². The molecule has 0 aliphatic carbocycles. The number of nitrogens with two attached hydrogens (primary N) is 1. The van der Waals surface area contributed by atoms with Crippen LogP contribution in [0.1, 0.15) is 6.92 Å². The lowest BCUT2D eigenvalue weighted by atomic mass is 10.3. The fourth-order valence-corrected chi connectivity index (χ4v) is 1.25. The van der Waals surface area contributed by atoms with Crippen LogP contribution in [-0.2, 0) is 4.79 Å². The van der Waals surface area contributed by atoms with Gasteiger partial charge in [-0.25, -0.2) is 0 Å². The molecule has 6 heteroatoms. The molecule has 0 saturated carbocycles. The van der Waals surface area contributed by atoms with Gasteiger partial charge in [0.2, 0.25) is 0 Å². The highest BCUT2D eigenvalue weighted by Crippen LogP contribution is 2.18. The van der Waals surface area contributed by atoms with Gasteiger partial charge in [-0.2, -0.15) is 0 Å². The molecule has 3 N–H and O–H groups in total. The van der Waals surface area contributed by atoms with Crippen LogP contribution in [-0.4, -0.2) is 32.2 Å². The van der Waals surface area contributed by atoms with Crippen molar-refractivity contribution in [3.05, 3.63) is 24.3 Å². The summed E-state index contributed by atoms with van der Waals surface area (Å²) in [5, 5.41) is 2.66. The molecule has 0 bridgehead atoms. The van der Waals surface area contributed by atoms with Crippen LogP contribution in [0.4, 0.5) is 0 Å². The van der Waals surface area contributed by atoms with Crippen LogP contribution in [0.3, 0.4) is 0 Å². The van der Waals surface area contributed by atoms with Gasteiger partial charge in [0, 0.05) is 13.1 Å². The first kappa shape index (κ1) is 16.5. The number of halogens is 1. The molecule has 5 nitrogen and oxygen atoms in total. The minimum atomic E-state index is -0.546. The fourth-order valence-electron chi connectivity index (χ4n) is 1.25. The van der Waals surface area contributed by atoms with Crippen LogP contribution in [0, 0.1) is 0 Å². The summed E-state index contributed by atoms with van der Waals surface area (Å²) < 4.78 is 10.5. The summed E-state index contributed by atoms with van der Waals surface area (Å²) >= 11 is 0. The number of hydrogen-bond donors (Lipinski definition) is 2. The maximum atomic E-state index is 11.5. The number of benzene rings is 1. The van der Waals surface area contributed by atoms with E-state index in [0.29, 0.717) is 18.8 Å². The van der Waals surface area contributed by atoms with E-state index in [1.165, 1.54) is 0 Å². The Morgan fingerprint density at radius 2 is 1.89 bits per heavy atom. The molecule has 0 radical (unpaired) electrons. The van der Waals surface area contributed by atoms with Crippen molar-refractivity contribution in [1.29, 1.82) is 0 Å². The minimum Gasteiger partial charge on any atom is -0.497 e. The molecule has 1 amide bonds. The monoisotopic (exact) mass is 274 g/mol. The quantitative estimate of drug-likeness (QED) is 0.810. The fraction of sp³-hybridized carbons (Fsp3) is 0.417. The highest BCUT2D eigenvalue weighted by Gasteiger charge is 2.13. The van der Waals surface area contributed by atoms with Crippen molar-refractivity contribution in [2.75, 3.05) is 20.2 Å². The minimum absolute atomic E-state index is 0. The first-order valence-electron chi connectivity index (χ1n) is 5.46. The molecule has 1 aromatic carbocycles. The lowest BCUT2D eigenvalue weighted by Crippen LogP contribution is -2.38. The number of hydrogen-bond acceptors (Lipinski definition) is 4. The second kappa shape index (κ2) is 8.60. The maximum absolute atomic E-state index is 11.5. The first-order valence-corrected chi connectivity index (χ1v) is 5.46. The number of carbonyl (C=O) groups excluding carboxylic acids is 1. The Kier molecular flexibility index (Phi) is 7.91. The molecule has 1 unspecified atom stereocenters. The zero-order valence-electron chi connectivity index (χ0n) is 10.5. The second-order valence-electron chi connectivity index (χ2n) is 3.52.